The first kappa shape index (κ1) is 30.7. The zero-order valence-electron chi connectivity index (χ0n) is 26.3. The van der Waals surface area contributed by atoms with Gasteiger partial charge in [0.1, 0.15) is 22.8 Å². The third-order valence-corrected chi connectivity index (χ3v) is 10.2. The number of aromatic hydroxyl groups is 1. The lowest BCUT2D eigenvalue weighted by Gasteiger charge is -2.59. The summed E-state index contributed by atoms with van der Waals surface area (Å²) in [5.74, 6) is -4.69. The molecule has 3 aliphatic carbocycles. The van der Waals surface area contributed by atoms with Crippen LogP contribution in [-0.4, -0.2) is 43.4 Å². The Hall–Kier alpha value is -3.71. The van der Waals surface area contributed by atoms with Crippen molar-refractivity contribution >= 4 is 17.3 Å². The van der Waals surface area contributed by atoms with Gasteiger partial charge in [-0.3, -0.25) is 14.4 Å². The number of aliphatic hydroxyl groups excluding tert-OH is 2. The Morgan fingerprint density at radius 2 is 1.67 bits per heavy atom. The van der Waals surface area contributed by atoms with Gasteiger partial charge in [-0.1, -0.05) is 65.8 Å². The van der Waals surface area contributed by atoms with E-state index >= 15 is 0 Å². The number of carbonyl (C=O) groups is 3. The number of fused-ring (bicyclic) bond motifs is 3. The van der Waals surface area contributed by atoms with E-state index < -0.39 is 56.8 Å². The summed E-state index contributed by atoms with van der Waals surface area (Å²) >= 11 is 0. The molecule has 0 radical (unpaired) electrons. The predicted octanol–water partition coefficient (Wildman–Crippen LogP) is 6.52. The molecule has 7 nitrogen and oxygen atoms in total. The summed E-state index contributed by atoms with van der Waals surface area (Å²) in [7, 11) is 0. The Labute approximate surface area is 253 Å². The summed E-state index contributed by atoms with van der Waals surface area (Å²) in [5, 5.41) is 46.4. The minimum Gasteiger partial charge on any atom is -0.511 e. The molecule has 0 amide bonds. The number of ketones is 3. The number of hydrogen-bond donors (Lipinski definition) is 4. The summed E-state index contributed by atoms with van der Waals surface area (Å²) in [6.07, 6.45) is 1.18. The molecular formula is C36H42O7. The van der Waals surface area contributed by atoms with Crippen molar-refractivity contribution in [3.05, 3.63) is 75.3 Å². The first-order chi connectivity index (χ1) is 19.9. The van der Waals surface area contributed by atoms with Gasteiger partial charge in [0.05, 0.1) is 5.56 Å². The molecule has 3 aliphatic rings. The average Bonchev–Trinajstić information content (AvgIpc) is 2.87. The Kier molecular flexibility index (Phi) is 7.09. The van der Waals surface area contributed by atoms with E-state index in [1.807, 2.05) is 26.8 Å². The molecule has 4 N–H and O–H groups in total. The topological polar surface area (TPSA) is 132 Å². The molecule has 228 valence electrons. The van der Waals surface area contributed by atoms with Gasteiger partial charge in [0.25, 0.3) is 0 Å². The molecule has 2 aromatic rings. The van der Waals surface area contributed by atoms with Crippen LogP contribution in [0.5, 0.6) is 5.75 Å². The summed E-state index contributed by atoms with van der Waals surface area (Å²) in [6, 6.07) is 9.45. The van der Waals surface area contributed by atoms with Gasteiger partial charge in [0.2, 0.25) is 5.78 Å². The third-order valence-electron chi connectivity index (χ3n) is 10.2. The molecule has 0 heterocycles. The largest absolute Gasteiger partial charge is 0.511 e. The SMILES string of the molecule is CC(=O)C1=C(O)C(C(C)C)[C@@]2(C)C[C@@]3(C)Cc4c(-c5ccc(C)c(CC(C)C)c5)ccc(O)c4C(=O)C3=C(O)[C@@]2(O)C1=O. The van der Waals surface area contributed by atoms with E-state index in [0.717, 1.165) is 24.5 Å². The van der Waals surface area contributed by atoms with E-state index in [4.69, 9.17) is 0 Å². The zero-order chi connectivity index (χ0) is 32.0. The van der Waals surface area contributed by atoms with E-state index in [2.05, 4.69) is 32.9 Å². The van der Waals surface area contributed by atoms with Gasteiger partial charge in [-0.05, 0) is 78.8 Å². The molecule has 0 aliphatic heterocycles. The lowest BCUT2D eigenvalue weighted by molar-refractivity contribution is -0.171. The molecule has 0 saturated heterocycles. The number of aliphatic hydroxyl groups is 3. The van der Waals surface area contributed by atoms with Crippen molar-refractivity contribution in [2.75, 3.05) is 0 Å². The molecule has 43 heavy (non-hydrogen) atoms. The van der Waals surface area contributed by atoms with Crippen LogP contribution in [0.3, 0.4) is 0 Å². The number of Topliss-reactive ketones (excluding diaryl/α,β-unsaturated/α-hetero) is 3. The lowest BCUT2D eigenvalue weighted by Crippen LogP contribution is -2.67. The molecule has 0 fully saturated rings. The number of phenolic OH excluding ortho intramolecular Hbond substituents is 1. The van der Waals surface area contributed by atoms with E-state index in [0.29, 0.717) is 11.5 Å². The molecule has 2 aromatic carbocycles. The number of carbonyl (C=O) groups excluding carboxylic acids is 3. The van der Waals surface area contributed by atoms with E-state index in [9.17, 15) is 34.8 Å². The van der Waals surface area contributed by atoms with Gasteiger partial charge in [0, 0.05) is 22.3 Å². The average molecular weight is 587 g/mol. The smallest absolute Gasteiger partial charge is 0.209 e. The highest BCUT2D eigenvalue weighted by Crippen LogP contribution is 2.65. The second kappa shape index (κ2) is 9.91. The Morgan fingerprint density at radius 1 is 1.02 bits per heavy atom. The molecule has 5 rings (SSSR count). The predicted molar refractivity (Wildman–Crippen MR) is 164 cm³/mol. The van der Waals surface area contributed by atoms with E-state index in [1.54, 1.807) is 13.0 Å². The maximum absolute atomic E-state index is 14.3. The number of allylic oxidation sites excluding steroid dienone is 2. The molecule has 0 saturated carbocycles. The van der Waals surface area contributed by atoms with Crippen molar-refractivity contribution in [1.29, 1.82) is 0 Å². The van der Waals surface area contributed by atoms with Crippen molar-refractivity contribution in [2.45, 2.75) is 80.3 Å². The maximum atomic E-state index is 14.3. The molecule has 0 bridgehead atoms. The minimum absolute atomic E-state index is 0.0311. The van der Waals surface area contributed by atoms with Gasteiger partial charge in [-0.2, -0.15) is 0 Å². The van der Waals surface area contributed by atoms with Crippen LogP contribution in [0.4, 0.5) is 0 Å². The van der Waals surface area contributed by atoms with Crippen molar-refractivity contribution in [3.8, 4) is 16.9 Å². The van der Waals surface area contributed by atoms with Crippen LogP contribution in [-0.2, 0) is 22.4 Å². The number of benzene rings is 2. The van der Waals surface area contributed by atoms with Gasteiger partial charge in [0.15, 0.2) is 17.2 Å². The summed E-state index contributed by atoms with van der Waals surface area (Å²) in [4.78, 5) is 40.7. The fourth-order valence-corrected chi connectivity index (χ4v) is 8.50. The normalized spacial score (nSPS) is 28.8. The Balaban J connectivity index is 1.77. The highest BCUT2D eigenvalue weighted by molar-refractivity contribution is 6.25. The first-order valence-electron chi connectivity index (χ1n) is 15.1. The first-order valence-corrected chi connectivity index (χ1v) is 15.1. The summed E-state index contributed by atoms with van der Waals surface area (Å²) in [6.45, 7) is 14.6. The van der Waals surface area contributed by atoms with Gasteiger partial charge in [-0.25, -0.2) is 0 Å². The fraction of sp³-hybridized carbons (Fsp3) is 0.472. The minimum atomic E-state index is -2.62. The van der Waals surface area contributed by atoms with E-state index in [-0.39, 0.29) is 35.6 Å². The highest BCUT2D eigenvalue weighted by Gasteiger charge is 2.71. The van der Waals surface area contributed by atoms with Gasteiger partial charge < -0.3 is 20.4 Å². The molecule has 0 spiro atoms. The van der Waals surface area contributed by atoms with E-state index in [1.165, 1.54) is 17.2 Å². The fourth-order valence-electron chi connectivity index (χ4n) is 8.50. The summed E-state index contributed by atoms with van der Waals surface area (Å²) in [5.41, 5.74) is -1.11. The lowest BCUT2D eigenvalue weighted by atomic mass is 9.44. The van der Waals surface area contributed by atoms with Crippen LogP contribution >= 0.6 is 0 Å². The quantitative estimate of drug-likeness (QED) is 0.293. The van der Waals surface area contributed by atoms with Gasteiger partial charge in [-0.15, -0.1) is 0 Å². The van der Waals surface area contributed by atoms with Crippen LogP contribution < -0.4 is 0 Å². The number of aryl methyl sites for hydroxylation is 1. The van der Waals surface area contributed by atoms with Crippen molar-refractivity contribution in [3.63, 3.8) is 0 Å². The second-order valence-electron chi connectivity index (χ2n) is 14.2. The maximum Gasteiger partial charge on any atom is 0.209 e. The number of rotatable bonds is 5. The molecule has 4 atom stereocenters. The van der Waals surface area contributed by atoms with Crippen LogP contribution in [0.2, 0.25) is 0 Å². The Bertz CT molecular complexity index is 1660. The van der Waals surface area contributed by atoms with Crippen molar-refractivity contribution in [2.24, 2.45) is 28.6 Å². The van der Waals surface area contributed by atoms with Crippen molar-refractivity contribution in [1.82, 2.24) is 0 Å². The second-order valence-corrected chi connectivity index (χ2v) is 14.2. The zero-order valence-corrected chi connectivity index (χ0v) is 26.3. The monoisotopic (exact) mass is 586 g/mol. The molecule has 7 heteroatoms. The number of phenols is 1. The van der Waals surface area contributed by atoms with Gasteiger partial charge >= 0.3 is 0 Å². The van der Waals surface area contributed by atoms with Crippen LogP contribution in [0.25, 0.3) is 11.1 Å². The standard InChI is InChI=1S/C36H42O7/c1-17(2)13-22-14-21(10-9-19(22)5)23-11-12-25(38)27-24(23)15-34(7)16-35(8)28(18(3)4)30(39)26(20(6)37)32(41)36(35,43)33(42)29(34)31(27)40/h9-12,14,17-18,28,38-39,42-43H,13,15-16H2,1-8H3/t28?,34-,35-,36+/m1/s1. The van der Waals surface area contributed by atoms with Crippen LogP contribution in [0, 0.1) is 35.5 Å². The Morgan fingerprint density at radius 3 is 2.26 bits per heavy atom. The molecular weight excluding hydrogens is 544 g/mol. The van der Waals surface area contributed by atoms with Crippen molar-refractivity contribution < 1.29 is 34.8 Å². The van der Waals surface area contributed by atoms with Crippen LogP contribution in [0.15, 0.2) is 53.0 Å². The van der Waals surface area contributed by atoms with Crippen LogP contribution in [0.1, 0.15) is 81.9 Å². The molecule has 0 aromatic heterocycles. The number of hydrogen-bond acceptors (Lipinski definition) is 7. The summed E-state index contributed by atoms with van der Waals surface area (Å²) < 4.78 is 0. The highest BCUT2D eigenvalue weighted by atomic mass is 16.3. The molecule has 1 unspecified atom stereocenters. The third kappa shape index (κ3) is 4.15.